The fourth-order valence-corrected chi connectivity index (χ4v) is 0.178. The number of rotatable bonds is 1. The highest BCUT2D eigenvalue weighted by Gasteiger charge is 1.93. The summed E-state index contributed by atoms with van der Waals surface area (Å²) >= 11 is 0. The lowest BCUT2D eigenvalue weighted by molar-refractivity contribution is -0.119. The summed E-state index contributed by atoms with van der Waals surface area (Å²) in [6.45, 7) is 0. The van der Waals surface area contributed by atoms with Crippen LogP contribution in [0.4, 0.5) is 0 Å². The minimum Gasteiger partial charge on any atom is -0.273 e. The number of hydrogen-bond acceptors (Lipinski definition) is 3. The van der Waals surface area contributed by atoms with Crippen molar-refractivity contribution in [1.82, 2.24) is 5.32 Å². The predicted molar refractivity (Wildman–Crippen MR) is 24.0 cm³/mol. The van der Waals surface area contributed by atoms with Crippen molar-refractivity contribution in [2.45, 2.75) is 6.42 Å². The Morgan fingerprint density at radius 2 is 2.25 bits per heavy atom. The molecule has 0 rings (SSSR count). The van der Waals surface area contributed by atoms with Crippen LogP contribution in [0.25, 0.3) is 0 Å². The third-order valence-corrected chi connectivity index (χ3v) is 0.435. The van der Waals surface area contributed by atoms with Crippen LogP contribution in [0.1, 0.15) is 6.42 Å². The topological polar surface area (TPSA) is 76.7 Å². The summed E-state index contributed by atoms with van der Waals surface area (Å²) in [4.78, 5) is 10.1. The molecule has 0 fully saturated rings. The van der Waals surface area contributed by atoms with Crippen molar-refractivity contribution in [3.63, 3.8) is 0 Å². The number of hydrogen-bond donors (Lipinski definition) is 1. The fourth-order valence-electron chi connectivity index (χ4n) is 0.178. The number of carbonyl (C=O) groups excluding carboxylic acids is 1. The summed E-state index contributed by atoms with van der Waals surface area (Å²) in [5.41, 5.74) is 0. The van der Waals surface area contributed by atoms with E-state index in [1.807, 2.05) is 0 Å². The normalized spacial score (nSPS) is 6.25. The third-order valence-electron chi connectivity index (χ3n) is 0.435. The smallest absolute Gasteiger partial charge is 0.247 e. The average Bonchev–Trinajstić information content (AvgIpc) is 1.68. The van der Waals surface area contributed by atoms with Crippen molar-refractivity contribution < 1.29 is 4.79 Å². The highest BCUT2D eigenvalue weighted by Crippen LogP contribution is 1.70. The highest BCUT2D eigenvalue weighted by atomic mass is 16.1. The molecule has 1 N–H and O–H groups in total. The minimum atomic E-state index is -0.560. The Kier molecular flexibility index (Phi) is 2.93. The van der Waals surface area contributed by atoms with Crippen molar-refractivity contribution in [2.24, 2.45) is 0 Å². The van der Waals surface area contributed by atoms with Crippen molar-refractivity contribution in [3.05, 3.63) is 0 Å². The van der Waals surface area contributed by atoms with Crippen LogP contribution in [-0.2, 0) is 4.79 Å². The number of nitrogens with one attached hydrogen (secondary N) is 1. The molecule has 0 aromatic carbocycles. The number of nitrogens with zero attached hydrogens (tertiary/aromatic N) is 2. The van der Waals surface area contributed by atoms with Crippen LogP contribution in [0, 0.1) is 22.8 Å². The van der Waals surface area contributed by atoms with E-state index in [2.05, 4.69) is 0 Å². The first-order valence-corrected chi connectivity index (χ1v) is 1.86. The first-order chi connectivity index (χ1) is 3.81. The van der Waals surface area contributed by atoms with E-state index in [-0.39, 0.29) is 6.42 Å². The standard InChI is InChI=1S/C4H3N3O/c5-2-1-4(8)7-3-6/h1H2,(H,7,8). The summed E-state index contributed by atoms with van der Waals surface area (Å²) in [5, 5.41) is 17.4. The maximum Gasteiger partial charge on any atom is 0.247 e. The van der Waals surface area contributed by atoms with Gasteiger partial charge in [-0.25, -0.2) is 0 Å². The molecule has 0 saturated heterocycles. The van der Waals surface area contributed by atoms with Gasteiger partial charge in [-0.1, -0.05) is 0 Å². The molecule has 0 spiro atoms. The molecule has 0 aliphatic carbocycles. The van der Waals surface area contributed by atoms with Crippen molar-refractivity contribution in [1.29, 1.82) is 10.5 Å². The zero-order valence-corrected chi connectivity index (χ0v) is 4.01. The predicted octanol–water partition coefficient (Wildman–Crippen LogP) is -0.503. The fraction of sp³-hybridized carbons (Fsp3) is 0.250. The van der Waals surface area contributed by atoms with E-state index < -0.39 is 5.91 Å². The number of amides is 1. The van der Waals surface area contributed by atoms with Crippen LogP contribution in [0.3, 0.4) is 0 Å². The quantitative estimate of drug-likeness (QED) is 0.364. The Balaban J connectivity index is 3.41. The van der Waals surface area contributed by atoms with Gasteiger partial charge < -0.3 is 0 Å². The van der Waals surface area contributed by atoms with Gasteiger partial charge in [0.25, 0.3) is 0 Å². The van der Waals surface area contributed by atoms with Gasteiger partial charge in [-0.05, 0) is 0 Å². The summed E-state index contributed by atoms with van der Waals surface area (Å²) in [6.07, 6.45) is 1.15. The summed E-state index contributed by atoms with van der Waals surface area (Å²) in [5.74, 6) is -0.560. The molecule has 4 nitrogen and oxygen atoms in total. The second-order valence-corrected chi connectivity index (χ2v) is 0.995. The lowest BCUT2D eigenvalue weighted by Gasteiger charge is -1.82. The minimum absolute atomic E-state index is 0.256. The molecule has 0 aliphatic rings. The second-order valence-electron chi connectivity index (χ2n) is 0.995. The Hall–Kier alpha value is -1.55. The lowest BCUT2D eigenvalue weighted by Crippen LogP contribution is -2.15. The Morgan fingerprint density at radius 1 is 1.62 bits per heavy atom. The molecule has 0 heterocycles. The molecule has 0 unspecified atom stereocenters. The van der Waals surface area contributed by atoms with Crippen LogP contribution < -0.4 is 5.32 Å². The number of nitriles is 2. The summed E-state index contributed by atoms with van der Waals surface area (Å²) in [7, 11) is 0. The van der Waals surface area contributed by atoms with Crippen molar-refractivity contribution >= 4 is 5.91 Å². The Bertz CT molecular complexity index is 143. The average molecular weight is 109 g/mol. The zero-order valence-electron chi connectivity index (χ0n) is 4.01. The van der Waals surface area contributed by atoms with Gasteiger partial charge in [-0.2, -0.15) is 10.5 Å². The van der Waals surface area contributed by atoms with Gasteiger partial charge in [0, 0.05) is 0 Å². The van der Waals surface area contributed by atoms with Crippen LogP contribution in [0.15, 0.2) is 0 Å². The van der Waals surface area contributed by atoms with Crippen LogP contribution in [0.2, 0.25) is 0 Å². The van der Waals surface area contributed by atoms with Gasteiger partial charge in [0.2, 0.25) is 5.91 Å². The molecule has 8 heavy (non-hydrogen) atoms. The van der Waals surface area contributed by atoms with E-state index in [1.54, 1.807) is 11.4 Å². The largest absolute Gasteiger partial charge is 0.273 e. The monoisotopic (exact) mass is 109 g/mol. The first-order valence-electron chi connectivity index (χ1n) is 1.86. The molecule has 1 amide bonds. The molecular formula is C4H3N3O. The van der Waals surface area contributed by atoms with E-state index in [0.717, 1.165) is 0 Å². The van der Waals surface area contributed by atoms with Gasteiger partial charge in [-0.3, -0.25) is 10.1 Å². The third kappa shape index (κ3) is 2.67. The lowest BCUT2D eigenvalue weighted by atomic mass is 10.4. The van der Waals surface area contributed by atoms with Gasteiger partial charge in [0.05, 0.1) is 6.07 Å². The van der Waals surface area contributed by atoms with Gasteiger partial charge in [-0.15, -0.1) is 0 Å². The Morgan fingerprint density at radius 3 is 2.62 bits per heavy atom. The molecule has 0 aromatic heterocycles. The zero-order chi connectivity index (χ0) is 6.41. The molecule has 40 valence electrons. The molecule has 4 heteroatoms. The molecule has 0 bridgehead atoms. The van der Waals surface area contributed by atoms with Crippen molar-refractivity contribution in [3.8, 4) is 12.3 Å². The maximum atomic E-state index is 10.1. The summed E-state index contributed by atoms with van der Waals surface area (Å²) < 4.78 is 0. The second kappa shape index (κ2) is 3.63. The highest BCUT2D eigenvalue weighted by molar-refractivity contribution is 5.79. The van der Waals surface area contributed by atoms with Crippen molar-refractivity contribution in [2.75, 3.05) is 0 Å². The van der Waals surface area contributed by atoms with E-state index in [1.165, 1.54) is 6.19 Å². The van der Waals surface area contributed by atoms with Crippen LogP contribution in [0.5, 0.6) is 0 Å². The Labute approximate surface area is 46.3 Å². The SMILES string of the molecule is N#CCC(=O)NC#N. The maximum absolute atomic E-state index is 10.1. The summed E-state index contributed by atoms with van der Waals surface area (Å²) in [6, 6.07) is 1.59. The van der Waals surface area contributed by atoms with Gasteiger partial charge in [0.1, 0.15) is 6.42 Å². The molecule has 0 saturated carbocycles. The van der Waals surface area contributed by atoms with E-state index >= 15 is 0 Å². The first kappa shape index (κ1) is 6.45. The molecule has 0 aliphatic heterocycles. The molecular weight excluding hydrogens is 106 g/mol. The molecule has 0 aromatic rings. The number of carbonyl (C=O) groups is 1. The van der Waals surface area contributed by atoms with Gasteiger partial charge in [0.15, 0.2) is 6.19 Å². The van der Waals surface area contributed by atoms with Crippen LogP contribution >= 0.6 is 0 Å². The molecule has 0 atom stereocenters. The van der Waals surface area contributed by atoms with E-state index in [0.29, 0.717) is 0 Å². The van der Waals surface area contributed by atoms with E-state index in [9.17, 15) is 4.79 Å². The molecule has 0 radical (unpaired) electrons. The van der Waals surface area contributed by atoms with Crippen LogP contribution in [-0.4, -0.2) is 5.91 Å². The van der Waals surface area contributed by atoms with E-state index in [4.69, 9.17) is 10.5 Å². The van der Waals surface area contributed by atoms with Gasteiger partial charge >= 0.3 is 0 Å².